The van der Waals surface area contributed by atoms with E-state index in [4.69, 9.17) is 14.4 Å². The van der Waals surface area contributed by atoms with Crippen LogP contribution in [-0.4, -0.2) is 25.1 Å². The third-order valence-electron chi connectivity index (χ3n) is 4.77. The second-order valence-electron chi connectivity index (χ2n) is 6.58. The van der Waals surface area contributed by atoms with Crippen molar-refractivity contribution in [2.45, 2.75) is 29.5 Å². The average Bonchev–Trinajstić information content (AvgIpc) is 3.52. The lowest BCUT2D eigenvalue weighted by Crippen LogP contribution is -1.94. The van der Waals surface area contributed by atoms with Crippen LogP contribution in [0.25, 0.3) is 32.4 Å². The molecule has 6 rings (SSSR count). The van der Waals surface area contributed by atoms with Gasteiger partial charge in [-0.2, -0.15) is 0 Å². The monoisotopic (exact) mass is 435 g/mol. The highest BCUT2D eigenvalue weighted by molar-refractivity contribution is 7.99. The van der Waals surface area contributed by atoms with E-state index >= 15 is 0 Å². The third kappa shape index (κ3) is 3.06. The number of fused-ring (bicyclic) bond motifs is 3. The molecule has 0 aliphatic heterocycles. The van der Waals surface area contributed by atoms with Gasteiger partial charge < -0.3 is 4.42 Å². The number of aromatic nitrogens is 5. The number of nitrogens with zero attached hydrogens (tertiary/aromatic N) is 5. The smallest absolute Gasteiger partial charge is 0.283 e. The minimum Gasteiger partial charge on any atom is -0.410 e. The maximum Gasteiger partial charge on any atom is 0.283 e. The zero-order chi connectivity index (χ0) is 19.2. The van der Waals surface area contributed by atoms with Crippen molar-refractivity contribution in [1.82, 2.24) is 25.1 Å². The van der Waals surface area contributed by atoms with E-state index in [1.54, 1.807) is 35.1 Å². The summed E-state index contributed by atoms with van der Waals surface area (Å²) in [6.45, 7) is 0. The van der Waals surface area contributed by atoms with Crippen molar-refractivity contribution in [2.75, 3.05) is 0 Å². The Morgan fingerprint density at radius 3 is 2.93 bits per heavy atom. The first kappa shape index (κ1) is 17.3. The predicted molar refractivity (Wildman–Crippen MR) is 114 cm³/mol. The summed E-state index contributed by atoms with van der Waals surface area (Å²) in [6, 6.07) is 7.82. The highest BCUT2D eigenvalue weighted by Crippen LogP contribution is 2.43. The molecule has 29 heavy (non-hydrogen) atoms. The molecule has 6 nitrogen and oxygen atoms in total. The number of thiophene rings is 2. The maximum atomic E-state index is 5.90. The van der Waals surface area contributed by atoms with Gasteiger partial charge in [0.2, 0.25) is 0 Å². The molecule has 1 aliphatic rings. The van der Waals surface area contributed by atoms with Crippen LogP contribution >= 0.6 is 34.4 Å². The molecule has 0 radical (unpaired) electrons. The van der Waals surface area contributed by atoms with E-state index in [0.717, 1.165) is 38.5 Å². The Hall–Kier alpha value is -2.62. The minimum absolute atomic E-state index is 0.489. The van der Waals surface area contributed by atoms with Crippen LogP contribution in [0.5, 0.6) is 0 Å². The van der Waals surface area contributed by atoms with Gasteiger partial charge in [-0.1, -0.05) is 6.07 Å². The van der Waals surface area contributed by atoms with E-state index in [1.807, 2.05) is 29.6 Å². The predicted octanol–water partition coefficient (Wildman–Crippen LogP) is 5.50. The molecular weight excluding hydrogens is 422 g/mol. The summed E-state index contributed by atoms with van der Waals surface area (Å²) in [4.78, 5) is 17.3. The maximum absolute atomic E-state index is 5.90. The Labute approximate surface area is 178 Å². The fourth-order valence-electron chi connectivity index (χ4n) is 3.49. The van der Waals surface area contributed by atoms with Crippen LogP contribution in [0.15, 0.2) is 56.7 Å². The van der Waals surface area contributed by atoms with Crippen LogP contribution in [0.2, 0.25) is 0 Å². The molecule has 0 saturated carbocycles. The Morgan fingerprint density at radius 1 is 1.07 bits per heavy atom. The van der Waals surface area contributed by atoms with E-state index in [9.17, 15) is 0 Å². The standard InChI is InChI=1S/C20H13N5OS3/c1-5-12-13(6-1)28-18-15(12)19(23-16(22-18)11-4-2-8-21-10-11)29-20-25-24-17(26-20)14-7-3-9-27-14/h2-4,7-10H,1,5-6H2. The van der Waals surface area contributed by atoms with Crippen molar-refractivity contribution in [1.29, 1.82) is 0 Å². The average molecular weight is 436 g/mol. The lowest BCUT2D eigenvalue weighted by molar-refractivity contribution is 0.466. The summed E-state index contributed by atoms with van der Waals surface area (Å²) < 4.78 is 5.90. The normalized spacial score (nSPS) is 13.2. The van der Waals surface area contributed by atoms with E-state index < -0.39 is 0 Å². The van der Waals surface area contributed by atoms with Gasteiger partial charge in [-0.15, -0.1) is 32.9 Å². The van der Waals surface area contributed by atoms with Crippen molar-refractivity contribution < 1.29 is 4.42 Å². The lowest BCUT2D eigenvalue weighted by atomic mass is 10.2. The molecule has 0 fully saturated rings. The van der Waals surface area contributed by atoms with Gasteiger partial charge in [0.05, 0.1) is 4.88 Å². The second kappa shape index (κ2) is 7.01. The first-order chi connectivity index (χ1) is 14.3. The lowest BCUT2D eigenvalue weighted by Gasteiger charge is -2.05. The van der Waals surface area contributed by atoms with Crippen LogP contribution in [-0.2, 0) is 12.8 Å². The fraction of sp³-hybridized carbons (Fsp3) is 0.150. The number of aryl methyl sites for hydroxylation is 2. The number of hydrogen-bond acceptors (Lipinski definition) is 9. The van der Waals surface area contributed by atoms with Crippen molar-refractivity contribution in [3.05, 3.63) is 52.5 Å². The molecule has 0 amide bonds. The second-order valence-corrected chi connectivity index (χ2v) is 9.56. The first-order valence-electron chi connectivity index (χ1n) is 9.13. The zero-order valence-corrected chi connectivity index (χ0v) is 17.5. The molecule has 0 aromatic carbocycles. The fourth-order valence-corrected chi connectivity index (χ4v) is 6.29. The minimum atomic E-state index is 0.489. The SMILES string of the molecule is c1cncc(-c2nc(Sc3nnc(-c4cccs4)o3)c3c4c(sc3n2)CCC4)c1. The molecule has 0 N–H and O–H groups in total. The highest BCUT2D eigenvalue weighted by Gasteiger charge is 2.24. The topological polar surface area (TPSA) is 77.6 Å². The summed E-state index contributed by atoms with van der Waals surface area (Å²) in [6.07, 6.45) is 6.92. The Bertz CT molecular complexity index is 1310. The summed E-state index contributed by atoms with van der Waals surface area (Å²) in [5.41, 5.74) is 2.28. The molecule has 9 heteroatoms. The van der Waals surface area contributed by atoms with E-state index in [2.05, 4.69) is 15.2 Å². The van der Waals surface area contributed by atoms with Crippen LogP contribution in [0.4, 0.5) is 0 Å². The molecule has 5 heterocycles. The van der Waals surface area contributed by atoms with Gasteiger partial charge in [-0.05, 0) is 60.2 Å². The molecule has 0 spiro atoms. The summed E-state index contributed by atoms with van der Waals surface area (Å²) in [5, 5.41) is 12.9. The van der Waals surface area contributed by atoms with Gasteiger partial charge in [-0.3, -0.25) is 4.98 Å². The summed E-state index contributed by atoms with van der Waals surface area (Å²) in [7, 11) is 0. The largest absolute Gasteiger partial charge is 0.410 e. The molecule has 0 bridgehead atoms. The molecule has 5 aromatic rings. The van der Waals surface area contributed by atoms with Crippen LogP contribution in [0.1, 0.15) is 16.9 Å². The Kier molecular flexibility index (Phi) is 4.17. The molecule has 5 aromatic heterocycles. The first-order valence-corrected chi connectivity index (χ1v) is 11.6. The van der Waals surface area contributed by atoms with Gasteiger partial charge in [-0.25, -0.2) is 9.97 Å². The summed E-state index contributed by atoms with van der Waals surface area (Å²) >= 11 is 4.77. The van der Waals surface area contributed by atoms with Crippen LogP contribution < -0.4 is 0 Å². The van der Waals surface area contributed by atoms with Crippen LogP contribution in [0.3, 0.4) is 0 Å². The summed E-state index contributed by atoms with van der Waals surface area (Å²) in [5.74, 6) is 1.21. The van der Waals surface area contributed by atoms with Crippen molar-refractivity contribution in [2.24, 2.45) is 0 Å². The molecular formula is C20H13N5OS3. The quantitative estimate of drug-likeness (QED) is 0.345. The third-order valence-corrected chi connectivity index (χ3v) is 7.65. The van der Waals surface area contributed by atoms with Crippen molar-refractivity contribution in [3.8, 4) is 22.2 Å². The number of hydrogen-bond donors (Lipinski definition) is 0. The number of pyridine rings is 1. The highest BCUT2D eigenvalue weighted by atomic mass is 32.2. The molecule has 142 valence electrons. The van der Waals surface area contributed by atoms with Gasteiger partial charge in [0.1, 0.15) is 9.86 Å². The van der Waals surface area contributed by atoms with Gasteiger partial charge >= 0.3 is 0 Å². The Balaban J connectivity index is 1.47. The van der Waals surface area contributed by atoms with Crippen molar-refractivity contribution >= 4 is 44.7 Å². The van der Waals surface area contributed by atoms with Crippen LogP contribution in [0, 0.1) is 0 Å². The molecule has 1 aliphatic carbocycles. The van der Waals surface area contributed by atoms with E-state index in [1.165, 1.54) is 28.6 Å². The number of rotatable bonds is 4. The molecule has 0 saturated heterocycles. The molecule has 0 atom stereocenters. The zero-order valence-electron chi connectivity index (χ0n) is 15.0. The van der Waals surface area contributed by atoms with E-state index in [-0.39, 0.29) is 0 Å². The van der Waals surface area contributed by atoms with Gasteiger partial charge in [0.15, 0.2) is 5.82 Å². The van der Waals surface area contributed by atoms with Gasteiger partial charge in [0.25, 0.3) is 11.1 Å². The van der Waals surface area contributed by atoms with Gasteiger partial charge in [0, 0.05) is 28.2 Å². The Morgan fingerprint density at radius 2 is 2.07 bits per heavy atom. The van der Waals surface area contributed by atoms with E-state index in [0.29, 0.717) is 16.9 Å². The molecule has 0 unspecified atom stereocenters. The van der Waals surface area contributed by atoms with Crippen molar-refractivity contribution in [3.63, 3.8) is 0 Å².